The lowest BCUT2D eigenvalue weighted by Gasteiger charge is -2.08. The third-order valence-corrected chi connectivity index (χ3v) is 3.15. The summed E-state index contributed by atoms with van der Waals surface area (Å²) in [7, 11) is 1.95. The second kappa shape index (κ2) is 4.80. The molecular formula is C13H16ClN3. The van der Waals surface area contributed by atoms with E-state index in [-0.39, 0.29) is 0 Å². The maximum absolute atomic E-state index is 6.07. The summed E-state index contributed by atoms with van der Waals surface area (Å²) in [6.07, 6.45) is 0. The zero-order valence-corrected chi connectivity index (χ0v) is 11.0. The second-order valence-electron chi connectivity index (χ2n) is 4.22. The van der Waals surface area contributed by atoms with Crippen LogP contribution in [0.15, 0.2) is 24.3 Å². The summed E-state index contributed by atoms with van der Waals surface area (Å²) in [6.45, 7) is 4.74. The van der Waals surface area contributed by atoms with Crippen molar-refractivity contribution in [2.45, 2.75) is 20.4 Å². The van der Waals surface area contributed by atoms with Crippen LogP contribution in [0, 0.1) is 13.8 Å². The van der Waals surface area contributed by atoms with E-state index < -0.39 is 0 Å². The summed E-state index contributed by atoms with van der Waals surface area (Å²) in [5.74, 6) is 0. The SMILES string of the molecule is Cc1cc(CNc2ccc(C)c(Cl)c2)n(C)n1. The van der Waals surface area contributed by atoms with Crippen LogP contribution in [0.1, 0.15) is 17.0 Å². The van der Waals surface area contributed by atoms with Gasteiger partial charge in [0.05, 0.1) is 17.9 Å². The molecule has 17 heavy (non-hydrogen) atoms. The zero-order valence-electron chi connectivity index (χ0n) is 10.3. The van der Waals surface area contributed by atoms with E-state index in [2.05, 4.69) is 16.5 Å². The van der Waals surface area contributed by atoms with Gasteiger partial charge < -0.3 is 5.32 Å². The second-order valence-corrected chi connectivity index (χ2v) is 4.63. The minimum absolute atomic E-state index is 0.747. The highest BCUT2D eigenvalue weighted by Crippen LogP contribution is 2.20. The molecule has 1 N–H and O–H groups in total. The maximum atomic E-state index is 6.07. The molecule has 0 bridgehead atoms. The van der Waals surface area contributed by atoms with Gasteiger partial charge in [0.15, 0.2) is 0 Å². The summed E-state index contributed by atoms with van der Waals surface area (Å²) in [5, 5.41) is 8.43. The van der Waals surface area contributed by atoms with E-state index in [9.17, 15) is 0 Å². The Morgan fingerprint density at radius 3 is 2.65 bits per heavy atom. The molecule has 0 radical (unpaired) electrons. The van der Waals surface area contributed by atoms with Crippen molar-refractivity contribution in [3.05, 3.63) is 46.2 Å². The molecule has 3 nitrogen and oxygen atoms in total. The van der Waals surface area contributed by atoms with Gasteiger partial charge in [-0.1, -0.05) is 17.7 Å². The average Bonchev–Trinajstić information content (AvgIpc) is 2.59. The van der Waals surface area contributed by atoms with E-state index in [0.29, 0.717) is 0 Å². The number of halogens is 1. The van der Waals surface area contributed by atoms with Gasteiger partial charge in [0.1, 0.15) is 0 Å². The summed E-state index contributed by atoms with van der Waals surface area (Å²) in [4.78, 5) is 0. The van der Waals surface area contributed by atoms with Crippen molar-refractivity contribution >= 4 is 17.3 Å². The van der Waals surface area contributed by atoms with E-state index in [0.717, 1.165) is 34.2 Å². The van der Waals surface area contributed by atoms with Gasteiger partial charge in [-0.05, 0) is 37.6 Å². The summed E-state index contributed by atoms with van der Waals surface area (Å²) in [6, 6.07) is 8.06. The van der Waals surface area contributed by atoms with Gasteiger partial charge in [0.2, 0.25) is 0 Å². The number of nitrogens with one attached hydrogen (secondary N) is 1. The smallest absolute Gasteiger partial charge is 0.0597 e. The Hall–Kier alpha value is -1.48. The van der Waals surface area contributed by atoms with Crippen molar-refractivity contribution in [3.63, 3.8) is 0 Å². The van der Waals surface area contributed by atoms with Gasteiger partial charge in [-0.25, -0.2) is 0 Å². The number of benzene rings is 1. The Labute approximate surface area is 106 Å². The quantitative estimate of drug-likeness (QED) is 0.905. The number of aryl methyl sites for hydroxylation is 3. The molecule has 0 saturated heterocycles. The van der Waals surface area contributed by atoms with Crippen molar-refractivity contribution in [2.24, 2.45) is 7.05 Å². The summed E-state index contributed by atoms with van der Waals surface area (Å²) < 4.78 is 1.89. The van der Waals surface area contributed by atoms with Crippen LogP contribution in [-0.4, -0.2) is 9.78 Å². The molecule has 0 aliphatic carbocycles. The molecular weight excluding hydrogens is 234 g/mol. The molecule has 0 aliphatic rings. The lowest BCUT2D eigenvalue weighted by molar-refractivity contribution is 0.713. The van der Waals surface area contributed by atoms with Crippen LogP contribution < -0.4 is 5.32 Å². The number of anilines is 1. The van der Waals surface area contributed by atoms with Crippen molar-refractivity contribution < 1.29 is 0 Å². The summed E-state index contributed by atoms with van der Waals surface area (Å²) >= 11 is 6.07. The first kappa shape index (κ1) is 12.0. The van der Waals surface area contributed by atoms with E-state index in [1.807, 2.05) is 43.8 Å². The lowest BCUT2D eigenvalue weighted by Crippen LogP contribution is -2.05. The van der Waals surface area contributed by atoms with E-state index in [1.165, 1.54) is 0 Å². The van der Waals surface area contributed by atoms with Gasteiger partial charge in [-0.3, -0.25) is 4.68 Å². The summed E-state index contributed by atoms with van der Waals surface area (Å²) in [5.41, 5.74) is 4.30. The first-order chi connectivity index (χ1) is 8.06. The number of hydrogen-bond donors (Lipinski definition) is 1. The lowest BCUT2D eigenvalue weighted by atomic mass is 10.2. The van der Waals surface area contributed by atoms with Crippen LogP contribution in [0.25, 0.3) is 0 Å². The van der Waals surface area contributed by atoms with Crippen molar-refractivity contribution in [1.82, 2.24) is 9.78 Å². The molecule has 1 heterocycles. The molecule has 0 fully saturated rings. The van der Waals surface area contributed by atoms with Crippen molar-refractivity contribution in [1.29, 1.82) is 0 Å². The van der Waals surface area contributed by atoms with Crippen molar-refractivity contribution in [3.8, 4) is 0 Å². The topological polar surface area (TPSA) is 29.9 Å². The normalized spacial score (nSPS) is 10.6. The molecule has 2 rings (SSSR count). The van der Waals surface area contributed by atoms with Gasteiger partial charge >= 0.3 is 0 Å². The Morgan fingerprint density at radius 2 is 2.06 bits per heavy atom. The third kappa shape index (κ3) is 2.80. The number of aromatic nitrogens is 2. The maximum Gasteiger partial charge on any atom is 0.0597 e. The molecule has 90 valence electrons. The molecule has 2 aromatic rings. The van der Waals surface area contributed by atoms with Gasteiger partial charge in [-0.2, -0.15) is 5.10 Å². The molecule has 0 aliphatic heterocycles. The number of rotatable bonds is 3. The Morgan fingerprint density at radius 1 is 1.29 bits per heavy atom. The first-order valence-corrected chi connectivity index (χ1v) is 5.93. The fourth-order valence-corrected chi connectivity index (χ4v) is 1.91. The molecule has 0 amide bonds. The van der Waals surface area contributed by atoms with Crippen LogP contribution in [0.2, 0.25) is 5.02 Å². The predicted molar refractivity (Wildman–Crippen MR) is 71.5 cm³/mol. The minimum atomic E-state index is 0.747. The van der Waals surface area contributed by atoms with Crippen LogP contribution in [0.3, 0.4) is 0 Å². The van der Waals surface area contributed by atoms with Crippen LogP contribution in [0.5, 0.6) is 0 Å². The van der Waals surface area contributed by atoms with Crippen LogP contribution >= 0.6 is 11.6 Å². The molecule has 4 heteroatoms. The Bertz CT molecular complexity index is 531. The fourth-order valence-electron chi connectivity index (χ4n) is 1.73. The van der Waals surface area contributed by atoms with Crippen LogP contribution in [-0.2, 0) is 13.6 Å². The van der Waals surface area contributed by atoms with Crippen molar-refractivity contribution in [2.75, 3.05) is 5.32 Å². The highest BCUT2D eigenvalue weighted by Gasteiger charge is 2.02. The first-order valence-electron chi connectivity index (χ1n) is 5.56. The standard InChI is InChI=1S/C13H16ClN3/c1-9-4-5-11(7-13(9)14)15-8-12-6-10(2)16-17(12)3/h4-7,15H,8H2,1-3H3. The van der Waals surface area contributed by atoms with Gasteiger partial charge in [-0.15, -0.1) is 0 Å². The predicted octanol–water partition coefficient (Wildman–Crippen LogP) is 3.30. The highest BCUT2D eigenvalue weighted by molar-refractivity contribution is 6.31. The van der Waals surface area contributed by atoms with Gasteiger partial charge in [0.25, 0.3) is 0 Å². The van der Waals surface area contributed by atoms with Crippen LogP contribution in [0.4, 0.5) is 5.69 Å². The highest BCUT2D eigenvalue weighted by atomic mass is 35.5. The minimum Gasteiger partial charge on any atom is -0.379 e. The molecule has 0 saturated carbocycles. The Balaban J connectivity index is 2.07. The Kier molecular flexibility index (Phi) is 3.38. The molecule has 1 aromatic heterocycles. The zero-order chi connectivity index (χ0) is 12.4. The molecule has 1 aromatic carbocycles. The van der Waals surface area contributed by atoms with E-state index in [1.54, 1.807) is 0 Å². The third-order valence-electron chi connectivity index (χ3n) is 2.74. The molecule has 0 unspecified atom stereocenters. The number of nitrogens with zero attached hydrogens (tertiary/aromatic N) is 2. The van der Waals surface area contributed by atoms with E-state index in [4.69, 9.17) is 11.6 Å². The molecule has 0 spiro atoms. The van der Waals surface area contributed by atoms with E-state index >= 15 is 0 Å². The number of hydrogen-bond acceptors (Lipinski definition) is 2. The average molecular weight is 250 g/mol. The van der Waals surface area contributed by atoms with Gasteiger partial charge in [0, 0.05) is 17.8 Å². The molecule has 0 atom stereocenters. The largest absolute Gasteiger partial charge is 0.379 e. The fraction of sp³-hybridized carbons (Fsp3) is 0.308. The monoisotopic (exact) mass is 249 g/mol.